The lowest BCUT2D eigenvalue weighted by molar-refractivity contribution is -0.113. The van der Waals surface area contributed by atoms with E-state index in [0.29, 0.717) is 22.0 Å². The Labute approximate surface area is 177 Å². The van der Waals surface area contributed by atoms with Gasteiger partial charge in [0, 0.05) is 5.56 Å². The van der Waals surface area contributed by atoms with E-state index in [1.54, 1.807) is 30.3 Å². The van der Waals surface area contributed by atoms with Crippen LogP contribution in [0.5, 0.6) is 0 Å². The van der Waals surface area contributed by atoms with Crippen LogP contribution in [0, 0.1) is 5.82 Å². The predicted octanol–water partition coefficient (Wildman–Crippen LogP) is 5.19. The number of carbonyl (C=O) groups is 2. The average molecular weight is 416 g/mol. The number of anilines is 1. The molecule has 0 saturated heterocycles. The van der Waals surface area contributed by atoms with Crippen LogP contribution < -0.4 is 4.90 Å². The SMILES string of the molecule is O=C(CSC1=N/C(=C\c2ccc(F)cc2)C(=O)N1c1ccccc1)c1ccccc1. The van der Waals surface area contributed by atoms with Crippen LogP contribution in [-0.4, -0.2) is 22.6 Å². The monoisotopic (exact) mass is 416 g/mol. The Kier molecular flexibility index (Phi) is 5.86. The van der Waals surface area contributed by atoms with Crippen molar-refractivity contribution in [3.8, 4) is 0 Å². The molecule has 0 N–H and O–H groups in total. The van der Waals surface area contributed by atoms with Gasteiger partial charge in [-0.15, -0.1) is 0 Å². The summed E-state index contributed by atoms with van der Waals surface area (Å²) in [6.07, 6.45) is 1.62. The Balaban J connectivity index is 1.62. The number of benzene rings is 3. The fourth-order valence-electron chi connectivity index (χ4n) is 2.95. The van der Waals surface area contributed by atoms with Crippen molar-refractivity contribution in [2.75, 3.05) is 10.7 Å². The standard InChI is InChI=1S/C24H17FN2O2S/c25-19-13-11-17(12-14-19)15-21-23(29)27(20-9-5-2-6-10-20)24(26-21)30-16-22(28)18-7-3-1-4-8-18/h1-15H,16H2/b21-15-. The quantitative estimate of drug-likeness (QED) is 0.425. The van der Waals surface area contributed by atoms with Crippen molar-refractivity contribution in [2.24, 2.45) is 4.99 Å². The van der Waals surface area contributed by atoms with E-state index in [9.17, 15) is 14.0 Å². The minimum Gasteiger partial charge on any atom is -0.293 e. The molecule has 0 unspecified atom stereocenters. The number of ketones is 1. The highest BCUT2D eigenvalue weighted by atomic mass is 32.2. The van der Waals surface area contributed by atoms with Crippen molar-refractivity contribution >= 4 is 40.4 Å². The summed E-state index contributed by atoms with van der Waals surface area (Å²) in [7, 11) is 0. The van der Waals surface area contributed by atoms with E-state index in [1.165, 1.54) is 28.8 Å². The zero-order valence-electron chi connectivity index (χ0n) is 15.9. The van der Waals surface area contributed by atoms with Gasteiger partial charge in [-0.05, 0) is 35.9 Å². The van der Waals surface area contributed by atoms with E-state index in [1.807, 2.05) is 48.5 Å². The van der Waals surface area contributed by atoms with Gasteiger partial charge < -0.3 is 0 Å². The smallest absolute Gasteiger partial charge is 0.283 e. The number of aliphatic imine (C=N–C) groups is 1. The molecule has 148 valence electrons. The molecule has 0 aromatic heterocycles. The highest BCUT2D eigenvalue weighted by molar-refractivity contribution is 8.14. The number of rotatable bonds is 5. The lowest BCUT2D eigenvalue weighted by Gasteiger charge is -2.17. The molecule has 0 saturated carbocycles. The summed E-state index contributed by atoms with van der Waals surface area (Å²) in [6.45, 7) is 0. The van der Waals surface area contributed by atoms with Crippen molar-refractivity contribution in [3.05, 3.63) is 108 Å². The zero-order chi connectivity index (χ0) is 20.9. The van der Waals surface area contributed by atoms with Gasteiger partial charge in [0.15, 0.2) is 11.0 Å². The number of amides is 1. The van der Waals surface area contributed by atoms with Crippen molar-refractivity contribution in [1.82, 2.24) is 0 Å². The molecule has 1 aliphatic heterocycles. The molecule has 3 aromatic rings. The number of amidine groups is 1. The summed E-state index contributed by atoms with van der Waals surface area (Å²) in [4.78, 5) is 31.6. The lowest BCUT2D eigenvalue weighted by atomic mass is 10.2. The largest absolute Gasteiger partial charge is 0.293 e. The first-order valence-corrected chi connectivity index (χ1v) is 10.3. The third-order valence-corrected chi connectivity index (χ3v) is 5.38. The first-order chi connectivity index (χ1) is 14.6. The molecule has 0 atom stereocenters. The van der Waals surface area contributed by atoms with Crippen LogP contribution >= 0.6 is 11.8 Å². The van der Waals surface area contributed by atoms with Gasteiger partial charge in [-0.3, -0.25) is 14.5 Å². The fraction of sp³-hybridized carbons (Fsp3) is 0.0417. The van der Waals surface area contributed by atoms with Crippen molar-refractivity contribution in [3.63, 3.8) is 0 Å². The van der Waals surface area contributed by atoms with Crippen LogP contribution in [0.25, 0.3) is 6.08 Å². The molecule has 6 heteroatoms. The molecule has 1 heterocycles. The average Bonchev–Trinajstić information content (AvgIpc) is 3.09. The molecule has 4 rings (SSSR count). The molecule has 0 bridgehead atoms. The summed E-state index contributed by atoms with van der Waals surface area (Å²) in [5.41, 5.74) is 2.19. The van der Waals surface area contributed by atoms with Gasteiger partial charge in [-0.2, -0.15) is 0 Å². The lowest BCUT2D eigenvalue weighted by Crippen LogP contribution is -2.30. The molecule has 4 nitrogen and oxygen atoms in total. The van der Waals surface area contributed by atoms with Crippen LogP contribution in [0.15, 0.2) is 95.6 Å². The van der Waals surface area contributed by atoms with E-state index in [-0.39, 0.29) is 29.0 Å². The van der Waals surface area contributed by atoms with Crippen LogP contribution in [0.4, 0.5) is 10.1 Å². The van der Waals surface area contributed by atoms with E-state index < -0.39 is 0 Å². The molecule has 3 aromatic carbocycles. The Hall–Kier alpha value is -3.51. The topological polar surface area (TPSA) is 49.7 Å². The van der Waals surface area contributed by atoms with Gasteiger partial charge >= 0.3 is 0 Å². The van der Waals surface area contributed by atoms with Gasteiger partial charge in [0.2, 0.25) is 0 Å². The van der Waals surface area contributed by atoms with Crippen LogP contribution in [0.3, 0.4) is 0 Å². The molecule has 0 aliphatic carbocycles. The molecule has 1 aliphatic rings. The van der Waals surface area contributed by atoms with E-state index in [2.05, 4.69) is 4.99 Å². The first-order valence-electron chi connectivity index (χ1n) is 9.28. The fourth-order valence-corrected chi connectivity index (χ4v) is 3.86. The number of hydrogen-bond acceptors (Lipinski definition) is 4. The number of Topliss-reactive ketones (excluding diaryl/α,β-unsaturated/α-hetero) is 1. The van der Waals surface area contributed by atoms with Crippen molar-refractivity contribution in [2.45, 2.75) is 0 Å². The van der Waals surface area contributed by atoms with Crippen LogP contribution in [-0.2, 0) is 4.79 Å². The van der Waals surface area contributed by atoms with Gasteiger partial charge in [0.1, 0.15) is 11.5 Å². The molecule has 1 amide bonds. The Morgan fingerprint density at radius 2 is 1.57 bits per heavy atom. The maximum atomic E-state index is 13.2. The third-order valence-electron chi connectivity index (χ3n) is 4.45. The third kappa shape index (κ3) is 4.39. The summed E-state index contributed by atoms with van der Waals surface area (Å²) < 4.78 is 13.2. The molecular formula is C24H17FN2O2S. The Morgan fingerprint density at radius 1 is 0.933 bits per heavy atom. The highest BCUT2D eigenvalue weighted by Crippen LogP contribution is 2.29. The number of halogens is 1. The van der Waals surface area contributed by atoms with Gasteiger partial charge in [-0.25, -0.2) is 9.38 Å². The molecule has 30 heavy (non-hydrogen) atoms. The molecule has 0 fully saturated rings. The Bertz CT molecular complexity index is 1130. The maximum absolute atomic E-state index is 13.2. The Morgan fingerprint density at radius 3 is 2.23 bits per heavy atom. The van der Waals surface area contributed by atoms with E-state index in [4.69, 9.17) is 0 Å². The summed E-state index contributed by atoms with van der Waals surface area (Å²) in [6, 6.07) is 24.0. The minimum absolute atomic E-state index is 0.0419. The number of carbonyl (C=O) groups excluding carboxylic acids is 2. The highest BCUT2D eigenvalue weighted by Gasteiger charge is 2.32. The number of para-hydroxylation sites is 1. The number of thioether (sulfide) groups is 1. The van der Waals surface area contributed by atoms with E-state index >= 15 is 0 Å². The van der Waals surface area contributed by atoms with Gasteiger partial charge in [0.05, 0.1) is 11.4 Å². The molecule has 0 radical (unpaired) electrons. The van der Waals surface area contributed by atoms with Crippen LogP contribution in [0.1, 0.15) is 15.9 Å². The van der Waals surface area contributed by atoms with Crippen molar-refractivity contribution < 1.29 is 14.0 Å². The summed E-state index contributed by atoms with van der Waals surface area (Å²) in [5, 5.41) is 0.434. The number of nitrogens with zero attached hydrogens (tertiary/aromatic N) is 2. The van der Waals surface area contributed by atoms with Gasteiger partial charge in [0.25, 0.3) is 5.91 Å². The second-order valence-corrected chi connectivity index (χ2v) is 7.47. The molecule has 0 spiro atoms. The zero-order valence-corrected chi connectivity index (χ0v) is 16.7. The molecular weight excluding hydrogens is 399 g/mol. The summed E-state index contributed by atoms with van der Waals surface area (Å²) >= 11 is 1.22. The van der Waals surface area contributed by atoms with E-state index in [0.717, 1.165) is 0 Å². The van der Waals surface area contributed by atoms with Crippen LogP contribution in [0.2, 0.25) is 0 Å². The minimum atomic E-state index is -0.347. The van der Waals surface area contributed by atoms with Gasteiger partial charge in [-0.1, -0.05) is 72.4 Å². The number of hydrogen-bond donors (Lipinski definition) is 0. The summed E-state index contributed by atoms with van der Waals surface area (Å²) in [5.74, 6) is -0.525. The normalized spacial score (nSPS) is 14.8. The first kappa shape index (κ1) is 19.8. The van der Waals surface area contributed by atoms with Crippen molar-refractivity contribution in [1.29, 1.82) is 0 Å². The second-order valence-electron chi connectivity index (χ2n) is 6.53. The maximum Gasteiger partial charge on any atom is 0.283 e. The second kappa shape index (κ2) is 8.88. The predicted molar refractivity (Wildman–Crippen MR) is 119 cm³/mol.